The Morgan fingerprint density at radius 3 is 2.47 bits per heavy atom. The highest BCUT2D eigenvalue weighted by Gasteiger charge is 2.51. The van der Waals surface area contributed by atoms with Gasteiger partial charge in [0.25, 0.3) is 0 Å². The van der Waals surface area contributed by atoms with Gasteiger partial charge in [-0.05, 0) is 19.3 Å². The van der Waals surface area contributed by atoms with Gasteiger partial charge in [0.2, 0.25) is 5.91 Å². The first-order valence-electron chi connectivity index (χ1n) is 6.50. The molecule has 0 saturated heterocycles. The van der Waals surface area contributed by atoms with Gasteiger partial charge in [-0.3, -0.25) is 4.79 Å². The Kier molecular flexibility index (Phi) is 3.21. The van der Waals surface area contributed by atoms with Gasteiger partial charge in [0.15, 0.2) is 0 Å². The van der Waals surface area contributed by atoms with Crippen LogP contribution < -0.4 is 11.1 Å². The summed E-state index contributed by atoms with van der Waals surface area (Å²) in [6.45, 7) is 4.76. The van der Waals surface area contributed by atoms with E-state index in [0.29, 0.717) is 6.54 Å². The van der Waals surface area contributed by atoms with Crippen LogP contribution in [0, 0.1) is 10.8 Å². The Bertz CT molecular complexity index is 305. The summed E-state index contributed by atoms with van der Waals surface area (Å²) in [5.74, 6) is 0.152. The van der Waals surface area contributed by atoms with E-state index in [1.807, 2.05) is 0 Å². The van der Waals surface area contributed by atoms with E-state index in [0.717, 1.165) is 25.7 Å². The first-order valence-corrected chi connectivity index (χ1v) is 6.50. The van der Waals surface area contributed by atoms with E-state index in [1.54, 1.807) is 7.11 Å². The summed E-state index contributed by atoms with van der Waals surface area (Å²) in [5, 5.41) is 3.17. The summed E-state index contributed by atoms with van der Waals surface area (Å²) in [7, 11) is 1.73. The summed E-state index contributed by atoms with van der Waals surface area (Å²) in [5.41, 5.74) is 5.50. The van der Waals surface area contributed by atoms with Crippen LogP contribution in [0.1, 0.15) is 39.5 Å². The quantitative estimate of drug-likeness (QED) is 0.772. The maximum atomic E-state index is 12.2. The Morgan fingerprint density at radius 2 is 2.12 bits per heavy atom. The lowest BCUT2D eigenvalue weighted by atomic mass is 9.63. The van der Waals surface area contributed by atoms with Gasteiger partial charge in [0, 0.05) is 25.1 Å². The largest absolute Gasteiger partial charge is 0.381 e. The molecular weight excluding hydrogens is 216 g/mol. The summed E-state index contributed by atoms with van der Waals surface area (Å²) < 4.78 is 5.39. The van der Waals surface area contributed by atoms with Crippen LogP contribution in [0.3, 0.4) is 0 Å². The van der Waals surface area contributed by atoms with Gasteiger partial charge in [-0.25, -0.2) is 0 Å². The monoisotopic (exact) mass is 240 g/mol. The third-order valence-electron chi connectivity index (χ3n) is 4.95. The van der Waals surface area contributed by atoms with Crippen LogP contribution in [0.4, 0.5) is 0 Å². The van der Waals surface area contributed by atoms with Gasteiger partial charge in [-0.1, -0.05) is 20.3 Å². The minimum Gasteiger partial charge on any atom is -0.381 e. The van der Waals surface area contributed by atoms with Gasteiger partial charge in [0.1, 0.15) is 0 Å². The van der Waals surface area contributed by atoms with E-state index < -0.39 is 0 Å². The highest BCUT2D eigenvalue weighted by atomic mass is 16.5. The minimum atomic E-state index is -0.270. The zero-order chi connectivity index (χ0) is 12.7. The summed E-state index contributed by atoms with van der Waals surface area (Å²) in [6.07, 6.45) is 4.17. The number of carbonyl (C=O) groups excluding carboxylic acids is 1. The lowest BCUT2D eigenvalue weighted by molar-refractivity contribution is -0.145. The van der Waals surface area contributed by atoms with Crippen molar-refractivity contribution in [2.75, 3.05) is 13.7 Å². The van der Waals surface area contributed by atoms with Crippen LogP contribution in [0.15, 0.2) is 0 Å². The van der Waals surface area contributed by atoms with E-state index in [-0.39, 0.29) is 28.9 Å². The molecule has 98 valence electrons. The van der Waals surface area contributed by atoms with Crippen molar-refractivity contribution in [1.29, 1.82) is 0 Å². The number of ether oxygens (including phenoxy) is 1. The molecule has 0 bridgehead atoms. The molecular formula is C13H24N2O2. The second-order valence-electron chi connectivity index (χ2n) is 6.15. The Balaban J connectivity index is 1.92. The Morgan fingerprint density at radius 1 is 1.47 bits per heavy atom. The zero-order valence-electron chi connectivity index (χ0n) is 11.1. The molecule has 3 N–H and O–H groups in total. The number of hydrogen-bond acceptors (Lipinski definition) is 3. The molecule has 0 aliphatic heterocycles. The molecule has 2 fully saturated rings. The lowest BCUT2D eigenvalue weighted by Gasteiger charge is -2.52. The summed E-state index contributed by atoms with van der Waals surface area (Å²) in [4.78, 5) is 12.2. The Labute approximate surface area is 103 Å². The second kappa shape index (κ2) is 4.25. The van der Waals surface area contributed by atoms with Crippen molar-refractivity contribution in [3.63, 3.8) is 0 Å². The number of nitrogens with two attached hydrogens (primary N) is 1. The van der Waals surface area contributed by atoms with E-state index in [4.69, 9.17) is 10.5 Å². The number of amides is 1. The highest BCUT2D eigenvalue weighted by molar-refractivity contribution is 5.84. The molecule has 4 heteroatoms. The van der Waals surface area contributed by atoms with Gasteiger partial charge in [-0.2, -0.15) is 0 Å². The number of nitrogens with one attached hydrogen (secondary N) is 1. The predicted octanol–water partition coefficient (Wildman–Crippen LogP) is 1.05. The smallest absolute Gasteiger partial charge is 0.227 e. The molecule has 2 aliphatic carbocycles. The lowest BCUT2D eigenvalue weighted by Crippen LogP contribution is -2.64. The molecule has 17 heavy (non-hydrogen) atoms. The van der Waals surface area contributed by atoms with Crippen LogP contribution in [0.2, 0.25) is 0 Å². The average molecular weight is 240 g/mol. The molecule has 4 nitrogen and oxygen atoms in total. The fraction of sp³-hybridized carbons (Fsp3) is 0.923. The van der Waals surface area contributed by atoms with Gasteiger partial charge < -0.3 is 15.8 Å². The van der Waals surface area contributed by atoms with Crippen molar-refractivity contribution < 1.29 is 9.53 Å². The molecule has 1 amide bonds. The molecule has 0 aromatic heterocycles. The van der Waals surface area contributed by atoms with Gasteiger partial charge in [-0.15, -0.1) is 0 Å². The van der Waals surface area contributed by atoms with Crippen molar-refractivity contribution in [2.24, 2.45) is 16.6 Å². The summed E-state index contributed by atoms with van der Waals surface area (Å²) >= 11 is 0. The van der Waals surface area contributed by atoms with Crippen LogP contribution in [0.5, 0.6) is 0 Å². The molecule has 2 atom stereocenters. The molecule has 0 radical (unpaired) electrons. The second-order valence-corrected chi connectivity index (χ2v) is 6.15. The van der Waals surface area contributed by atoms with Crippen molar-refractivity contribution in [1.82, 2.24) is 5.32 Å². The third-order valence-corrected chi connectivity index (χ3v) is 4.95. The van der Waals surface area contributed by atoms with Crippen molar-refractivity contribution in [2.45, 2.75) is 51.7 Å². The number of carbonyl (C=O) groups is 1. The minimum absolute atomic E-state index is 0.0317. The van der Waals surface area contributed by atoms with E-state index in [2.05, 4.69) is 19.2 Å². The van der Waals surface area contributed by atoms with Crippen molar-refractivity contribution in [3.8, 4) is 0 Å². The average Bonchev–Trinajstić information content (AvgIpc) is 2.22. The van der Waals surface area contributed by atoms with Crippen LogP contribution in [-0.4, -0.2) is 31.7 Å². The fourth-order valence-electron chi connectivity index (χ4n) is 2.97. The molecule has 0 heterocycles. The first kappa shape index (κ1) is 12.8. The number of hydrogen-bond donors (Lipinski definition) is 2. The number of methoxy groups -OCH3 is 1. The van der Waals surface area contributed by atoms with Crippen LogP contribution in [0.25, 0.3) is 0 Å². The maximum absolute atomic E-state index is 12.2. The topological polar surface area (TPSA) is 64.3 Å². The SMILES string of the molecule is COC1CC(NC(=O)C2(CN)CCC2)C1(C)C. The third kappa shape index (κ3) is 1.87. The predicted molar refractivity (Wildman–Crippen MR) is 66.5 cm³/mol. The molecule has 2 aliphatic rings. The van der Waals surface area contributed by atoms with Gasteiger partial charge in [0.05, 0.1) is 11.5 Å². The van der Waals surface area contributed by atoms with Crippen molar-refractivity contribution >= 4 is 5.91 Å². The zero-order valence-corrected chi connectivity index (χ0v) is 11.1. The number of rotatable bonds is 4. The van der Waals surface area contributed by atoms with Crippen LogP contribution in [-0.2, 0) is 9.53 Å². The molecule has 2 rings (SSSR count). The summed E-state index contributed by atoms with van der Waals surface area (Å²) in [6, 6.07) is 0.226. The van der Waals surface area contributed by atoms with Crippen LogP contribution >= 0.6 is 0 Å². The standard InChI is InChI=1S/C13H24N2O2/c1-12(2)9(7-10(12)17-3)15-11(16)13(8-14)5-4-6-13/h9-10H,4-8,14H2,1-3H3,(H,15,16). The van der Waals surface area contributed by atoms with E-state index in [1.165, 1.54) is 0 Å². The Hall–Kier alpha value is -0.610. The normalized spacial score (nSPS) is 33.4. The maximum Gasteiger partial charge on any atom is 0.227 e. The highest BCUT2D eigenvalue weighted by Crippen LogP contribution is 2.45. The molecule has 2 saturated carbocycles. The van der Waals surface area contributed by atoms with E-state index in [9.17, 15) is 4.79 Å². The van der Waals surface area contributed by atoms with Crippen molar-refractivity contribution in [3.05, 3.63) is 0 Å². The molecule has 0 spiro atoms. The molecule has 0 aromatic rings. The molecule has 0 aromatic carbocycles. The first-order chi connectivity index (χ1) is 7.96. The fourth-order valence-corrected chi connectivity index (χ4v) is 2.97. The molecule has 2 unspecified atom stereocenters. The van der Waals surface area contributed by atoms with E-state index >= 15 is 0 Å². The van der Waals surface area contributed by atoms with Gasteiger partial charge >= 0.3 is 0 Å².